The summed E-state index contributed by atoms with van der Waals surface area (Å²) in [4.78, 5) is 10.9. The minimum absolute atomic E-state index is 1.35. The van der Waals surface area contributed by atoms with Crippen LogP contribution in [-0.2, 0) is 0 Å². The van der Waals surface area contributed by atoms with Crippen LogP contribution in [0.4, 0.5) is 0 Å². The Kier molecular flexibility index (Phi) is 4.41. The van der Waals surface area contributed by atoms with Gasteiger partial charge in [0, 0.05) is 9.82 Å². The molecule has 0 saturated heterocycles. The summed E-state index contributed by atoms with van der Waals surface area (Å²) in [6.45, 7) is -1.35. The molecule has 0 rings (SSSR count). The first-order chi connectivity index (χ1) is 3.81. The van der Waals surface area contributed by atoms with Crippen molar-refractivity contribution in [2.24, 2.45) is 9.77 Å². The molecular weight excluding hydrogens is 195 g/mol. The van der Waals surface area contributed by atoms with E-state index in [-0.39, 0.29) is 0 Å². The summed E-state index contributed by atoms with van der Waals surface area (Å²) in [7, 11) is 0. The molecule has 0 amide bonds. The van der Waals surface area contributed by atoms with Gasteiger partial charge in [0.15, 0.2) is 0 Å². The van der Waals surface area contributed by atoms with Crippen molar-refractivity contribution >= 4 is 22.4 Å². The van der Waals surface area contributed by atoms with E-state index in [9.17, 15) is 0 Å². The standard InChI is InChI=1S/BrN6P/c1-8(6-4-2)7-5-3. The van der Waals surface area contributed by atoms with Gasteiger partial charge in [-0.1, -0.05) is 9.77 Å². The van der Waals surface area contributed by atoms with Gasteiger partial charge in [0.1, 0.15) is 6.93 Å². The summed E-state index contributed by atoms with van der Waals surface area (Å²) in [5.41, 5.74) is 15.4. The normalized spacial score (nSPS) is 10.6. The van der Waals surface area contributed by atoms with E-state index in [1.807, 2.05) is 0 Å². The van der Waals surface area contributed by atoms with Crippen LogP contribution < -0.4 is 0 Å². The number of azide groups is 1. The van der Waals surface area contributed by atoms with Crippen LogP contribution in [0.5, 0.6) is 0 Å². The monoisotopic (exact) mass is 194 g/mol. The third-order valence-corrected chi connectivity index (χ3v) is 1.53. The fourth-order valence-electron chi connectivity index (χ4n) is 0.0839. The number of rotatable bonds is 2. The Morgan fingerprint density at radius 1 is 1.25 bits per heavy atom. The molecule has 0 fully saturated rings. The van der Waals surface area contributed by atoms with Crippen LogP contribution >= 0.6 is 22.4 Å². The van der Waals surface area contributed by atoms with Crippen LogP contribution in [0.1, 0.15) is 0 Å². The third-order valence-electron chi connectivity index (χ3n) is 0.228. The Labute approximate surface area is 53.7 Å². The van der Waals surface area contributed by atoms with Crippen molar-refractivity contribution in [3.05, 3.63) is 20.9 Å². The molecule has 42 valence electrons. The lowest BCUT2D eigenvalue weighted by Crippen LogP contribution is -1.34. The van der Waals surface area contributed by atoms with Gasteiger partial charge in [0.2, 0.25) is 0 Å². The fraction of sp³-hybridized carbons (Fsp3) is 0. The molecule has 8 heteroatoms. The van der Waals surface area contributed by atoms with E-state index in [1.54, 1.807) is 0 Å². The zero-order valence-electron chi connectivity index (χ0n) is 3.51. The van der Waals surface area contributed by atoms with E-state index in [1.165, 1.54) is 0 Å². The molecular formula is BrN6P. The maximum absolute atomic E-state index is 7.72. The van der Waals surface area contributed by atoms with Crippen molar-refractivity contribution in [3.8, 4) is 0 Å². The van der Waals surface area contributed by atoms with Gasteiger partial charge in [-0.2, -0.15) is 0 Å². The van der Waals surface area contributed by atoms with Gasteiger partial charge in [0.05, 0.1) is 0 Å². The van der Waals surface area contributed by atoms with Crippen LogP contribution in [-0.4, -0.2) is 0 Å². The van der Waals surface area contributed by atoms with E-state index < -0.39 is 6.93 Å². The zero-order chi connectivity index (χ0) is 6.41. The Hall–Kier alpha value is -0.470. The van der Waals surface area contributed by atoms with Crippen LogP contribution in [0, 0.1) is 0 Å². The fourth-order valence-corrected chi connectivity index (χ4v) is 0.632. The van der Waals surface area contributed by atoms with E-state index in [0.29, 0.717) is 0 Å². The molecule has 0 aromatic carbocycles. The van der Waals surface area contributed by atoms with Crippen LogP contribution in [0.3, 0.4) is 0 Å². The van der Waals surface area contributed by atoms with Gasteiger partial charge in [0.25, 0.3) is 0 Å². The maximum Gasteiger partial charge on any atom is 0.149 e. The summed E-state index contributed by atoms with van der Waals surface area (Å²) in [6.07, 6.45) is 0. The van der Waals surface area contributed by atoms with E-state index in [4.69, 9.17) is 11.1 Å². The quantitative estimate of drug-likeness (QED) is 0.279. The lowest BCUT2D eigenvalue weighted by atomic mass is 13.0. The van der Waals surface area contributed by atoms with Crippen molar-refractivity contribution in [2.75, 3.05) is 0 Å². The molecule has 0 N–H and O–H groups in total. The Bertz CT molecular complexity index is 132. The van der Waals surface area contributed by atoms with Crippen molar-refractivity contribution in [2.45, 2.75) is 0 Å². The van der Waals surface area contributed by atoms with Gasteiger partial charge in [-0.15, -0.1) is 0 Å². The lowest BCUT2D eigenvalue weighted by Gasteiger charge is -1.81. The van der Waals surface area contributed by atoms with Crippen molar-refractivity contribution in [3.63, 3.8) is 0 Å². The molecule has 0 spiro atoms. The molecule has 0 aromatic rings. The zero-order valence-corrected chi connectivity index (χ0v) is 5.99. The minimum atomic E-state index is -1.35. The van der Waals surface area contributed by atoms with E-state index >= 15 is 0 Å². The van der Waals surface area contributed by atoms with Gasteiger partial charge in [-0.25, -0.2) is 0 Å². The second-order valence-electron chi connectivity index (χ2n) is 0.598. The lowest BCUT2D eigenvalue weighted by molar-refractivity contribution is 1.68. The topological polar surface area (TPSA) is 97.5 Å². The summed E-state index contributed by atoms with van der Waals surface area (Å²) < 4.78 is 0. The molecule has 0 aromatic heterocycles. The second-order valence-corrected chi connectivity index (χ2v) is 3.34. The van der Waals surface area contributed by atoms with Crippen molar-refractivity contribution in [1.29, 1.82) is 0 Å². The SMILES string of the molecule is [N-]=[N+]=NP(Br)N=[N+]=[N-]. The molecule has 0 heterocycles. The predicted molar refractivity (Wildman–Crippen MR) is 34.1 cm³/mol. The molecule has 0 atom stereocenters. The Morgan fingerprint density at radius 3 is 1.88 bits per heavy atom. The molecule has 0 radical (unpaired) electrons. The number of nitrogens with zero attached hydrogens (tertiary/aromatic N) is 6. The first kappa shape index (κ1) is 7.53. The number of hydrogen-bond donors (Lipinski definition) is 0. The van der Waals surface area contributed by atoms with E-state index in [0.717, 1.165) is 0 Å². The largest absolute Gasteiger partial charge is 0.149 e. The van der Waals surface area contributed by atoms with Gasteiger partial charge < -0.3 is 0 Å². The number of hydrogen-bond acceptors (Lipinski definition) is 2. The summed E-state index contributed by atoms with van der Waals surface area (Å²) >= 11 is 2.82. The van der Waals surface area contributed by atoms with Gasteiger partial charge in [-0.05, 0) is 26.6 Å². The molecule has 8 heavy (non-hydrogen) atoms. The van der Waals surface area contributed by atoms with Crippen LogP contribution in [0.25, 0.3) is 20.9 Å². The highest BCUT2D eigenvalue weighted by atomic mass is 79.9. The molecule has 0 unspecified atom stereocenters. The van der Waals surface area contributed by atoms with Crippen molar-refractivity contribution in [1.82, 2.24) is 0 Å². The second kappa shape index (κ2) is 4.68. The van der Waals surface area contributed by atoms with Crippen molar-refractivity contribution < 1.29 is 0 Å². The summed E-state index contributed by atoms with van der Waals surface area (Å²) in [5.74, 6) is 0. The minimum Gasteiger partial charge on any atom is -0.0538 e. The maximum atomic E-state index is 7.72. The first-order valence-electron chi connectivity index (χ1n) is 1.37. The van der Waals surface area contributed by atoms with Crippen LogP contribution in [0.15, 0.2) is 9.77 Å². The smallest absolute Gasteiger partial charge is 0.0538 e. The molecule has 0 saturated carbocycles. The van der Waals surface area contributed by atoms with Gasteiger partial charge in [-0.3, -0.25) is 0 Å². The predicted octanol–water partition coefficient (Wildman–Crippen LogP) is 3.23. The molecule has 0 aliphatic rings. The highest BCUT2D eigenvalue weighted by Crippen LogP contribution is 2.47. The highest BCUT2D eigenvalue weighted by Gasteiger charge is 1.89. The third kappa shape index (κ3) is 3.71. The van der Waals surface area contributed by atoms with Gasteiger partial charge >= 0.3 is 0 Å². The molecule has 0 aliphatic carbocycles. The van der Waals surface area contributed by atoms with Crippen LogP contribution in [0.2, 0.25) is 0 Å². The Morgan fingerprint density at radius 2 is 1.62 bits per heavy atom. The molecule has 0 aliphatic heterocycles. The summed E-state index contributed by atoms with van der Waals surface area (Å²) in [5, 5.41) is 0. The average molecular weight is 195 g/mol. The average Bonchev–Trinajstić information content (AvgIpc) is 1.68. The first-order valence-corrected chi connectivity index (χ1v) is 4.63. The molecule has 6 nitrogen and oxygen atoms in total. The van der Waals surface area contributed by atoms with E-state index in [2.05, 4.69) is 35.1 Å². The summed E-state index contributed by atoms with van der Waals surface area (Å²) in [6, 6.07) is 0. The Balaban J connectivity index is 3.82. The highest BCUT2D eigenvalue weighted by molar-refractivity contribution is 9.39. The number of halogens is 1. The molecule has 0 bridgehead atoms.